The molecule has 0 spiro atoms. The number of aromatic hydroxyl groups is 1. The quantitative estimate of drug-likeness (QED) is 0.806. The van der Waals surface area contributed by atoms with E-state index >= 15 is 0 Å². The van der Waals surface area contributed by atoms with Crippen LogP contribution in [0.3, 0.4) is 0 Å². The highest BCUT2D eigenvalue weighted by Crippen LogP contribution is 2.28. The smallest absolute Gasteiger partial charge is 0.338 e. The fraction of sp³-hybridized carbons (Fsp3) is 0.214. The molecule has 0 unspecified atom stereocenters. The van der Waals surface area contributed by atoms with Crippen molar-refractivity contribution in [2.45, 2.75) is 13.8 Å². The highest BCUT2D eigenvalue weighted by molar-refractivity contribution is 5.99. The molecule has 88 valence electrons. The first kappa shape index (κ1) is 11.5. The molecule has 0 aliphatic carbocycles. The second-order valence-electron chi connectivity index (χ2n) is 3.89. The molecule has 2 aromatic rings. The average molecular weight is 230 g/mol. The van der Waals surface area contributed by atoms with E-state index in [0.717, 1.165) is 16.3 Å². The van der Waals surface area contributed by atoms with E-state index in [1.807, 2.05) is 25.1 Å². The van der Waals surface area contributed by atoms with Crippen LogP contribution in [0.2, 0.25) is 0 Å². The molecule has 0 fully saturated rings. The lowest BCUT2D eigenvalue weighted by molar-refractivity contribution is 0.0526. The third kappa shape index (κ3) is 2.09. The Balaban J connectivity index is 2.62. The Morgan fingerprint density at radius 2 is 2.06 bits per heavy atom. The maximum atomic E-state index is 11.6. The lowest BCUT2D eigenvalue weighted by Gasteiger charge is -2.07. The number of phenols is 1. The van der Waals surface area contributed by atoms with Gasteiger partial charge in [0, 0.05) is 5.39 Å². The Kier molecular flexibility index (Phi) is 3.00. The lowest BCUT2D eigenvalue weighted by atomic mass is 10.0. The number of rotatable bonds is 2. The number of ether oxygens (including phenoxy) is 1. The van der Waals surface area contributed by atoms with Crippen LogP contribution in [0.5, 0.6) is 5.75 Å². The molecule has 0 aliphatic rings. The van der Waals surface area contributed by atoms with E-state index in [1.54, 1.807) is 13.0 Å². The summed E-state index contributed by atoms with van der Waals surface area (Å²) in [6.07, 6.45) is 0. The highest BCUT2D eigenvalue weighted by Gasteiger charge is 2.11. The summed E-state index contributed by atoms with van der Waals surface area (Å²) in [5.74, 6) is -0.304. The lowest BCUT2D eigenvalue weighted by Crippen LogP contribution is -2.04. The summed E-state index contributed by atoms with van der Waals surface area (Å²) in [4.78, 5) is 11.6. The van der Waals surface area contributed by atoms with Crippen LogP contribution in [0, 0.1) is 6.92 Å². The standard InChI is InChI=1S/C14H14O3/c1-3-17-14(16)10-7-12-9(2)5-4-6-11(12)13(15)8-10/h4-8,15H,3H2,1-2H3. The second kappa shape index (κ2) is 4.45. The van der Waals surface area contributed by atoms with Crippen LogP contribution in [-0.2, 0) is 4.74 Å². The topological polar surface area (TPSA) is 46.5 Å². The molecule has 3 heteroatoms. The zero-order chi connectivity index (χ0) is 12.4. The number of aryl methyl sites for hydroxylation is 1. The molecule has 0 saturated carbocycles. The van der Waals surface area contributed by atoms with Gasteiger partial charge in [-0.2, -0.15) is 0 Å². The molecule has 2 rings (SSSR count). The zero-order valence-corrected chi connectivity index (χ0v) is 9.86. The third-order valence-electron chi connectivity index (χ3n) is 2.70. The summed E-state index contributed by atoms with van der Waals surface area (Å²) < 4.78 is 4.92. The van der Waals surface area contributed by atoms with E-state index in [-0.39, 0.29) is 5.75 Å². The van der Waals surface area contributed by atoms with Crippen LogP contribution in [0.15, 0.2) is 30.3 Å². The predicted octanol–water partition coefficient (Wildman–Crippen LogP) is 3.03. The fourth-order valence-electron chi connectivity index (χ4n) is 1.85. The van der Waals surface area contributed by atoms with Gasteiger partial charge in [0.05, 0.1) is 12.2 Å². The van der Waals surface area contributed by atoms with Gasteiger partial charge in [0.25, 0.3) is 0 Å². The van der Waals surface area contributed by atoms with E-state index in [9.17, 15) is 9.90 Å². The van der Waals surface area contributed by atoms with Crippen molar-refractivity contribution in [3.05, 3.63) is 41.5 Å². The molecule has 1 N–H and O–H groups in total. The molecule has 17 heavy (non-hydrogen) atoms. The summed E-state index contributed by atoms with van der Waals surface area (Å²) in [5, 5.41) is 11.5. The Morgan fingerprint density at radius 3 is 2.76 bits per heavy atom. The second-order valence-corrected chi connectivity index (χ2v) is 3.89. The molecule has 0 heterocycles. The molecule has 0 atom stereocenters. The van der Waals surface area contributed by atoms with Crippen molar-refractivity contribution in [3.63, 3.8) is 0 Å². The van der Waals surface area contributed by atoms with Crippen molar-refractivity contribution in [2.75, 3.05) is 6.61 Å². The number of carbonyl (C=O) groups excluding carboxylic acids is 1. The first-order valence-electron chi connectivity index (χ1n) is 5.53. The number of benzene rings is 2. The highest BCUT2D eigenvalue weighted by atomic mass is 16.5. The van der Waals surface area contributed by atoms with Crippen molar-refractivity contribution in [1.29, 1.82) is 0 Å². The largest absolute Gasteiger partial charge is 0.507 e. The number of carbonyl (C=O) groups is 1. The monoisotopic (exact) mass is 230 g/mol. The minimum Gasteiger partial charge on any atom is -0.507 e. The molecule has 0 radical (unpaired) electrons. The number of esters is 1. The van der Waals surface area contributed by atoms with E-state index in [4.69, 9.17) is 4.74 Å². The van der Waals surface area contributed by atoms with Crippen LogP contribution < -0.4 is 0 Å². The van der Waals surface area contributed by atoms with Crippen LogP contribution in [0.25, 0.3) is 10.8 Å². The summed E-state index contributed by atoms with van der Waals surface area (Å²) in [6, 6.07) is 8.84. The number of hydrogen-bond donors (Lipinski definition) is 1. The van der Waals surface area contributed by atoms with Crippen molar-refractivity contribution < 1.29 is 14.6 Å². The SMILES string of the molecule is CCOC(=O)c1cc(O)c2cccc(C)c2c1. The summed E-state index contributed by atoms with van der Waals surface area (Å²) in [5.41, 5.74) is 1.40. The van der Waals surface area contributed by atoms with Crippen molar-refractivity contribution in [1.82, 2.24) is 0 Å². The zero-order valence-electron chi connectivity index (χ0n) is 9.86. The fourth-order valence-corrected chi connectivity index (χ4v) is 1.85. The van der Waals surface area contributed by atoms with Gasteiger partial charge in [0.1, 0.15) is 5.75 Å². The molecule has 0 amide bonds. The number of phenolic OH excluding ortho intramolecular Hbond substituents is 1. The van der Waals surface area contributed by atoms with Crippen LogP contribution in [-0.4, -0.2) is 17.7 Å². The van der Waals surface area contributed by atoms with Gasteiger partial charge in [-0.15, -0.1) is 0 Å². The molecule has 0 saturated heterocycles. The molecule has 2 aromatic carbocycles. The normalized spacial score (nSPS) is 10.5. The number of hydrogen-bond acceptors (Lipinski definition) is 3. The van der Waals surface area contributed by atoms with Gasteiger partial charge in [0.15, 0.2) is 0 Å². The van der Waals surface area contributed by atoms with E-state index in [2.05, 4.69) is 0 Å². The van der Waals surface area contributed by atoms with Crippen LogP contribution >= 0.6 is 0 Å². The minimum absolute atomic E-state index is 0.106. The van der Waals surface area contributed by atoms with Gasteiger partial charge in [-0.25, -0.2) is 4.79 Å². The summed E-state index contributed by atoms with van der Waals surface area (Å²) >= 11 is 0. The minimum atomic E-state index is -0.409. The van der Waals surface area contributed by atoms with Gasteiger partial charge in [-0.3, -0.25) is 0 Å². The average Bonchev–Trinajstić information content (AvgIpc) is 2.30. The van der Waals surface area contributed by atoms with E-state index in [1.165, 1.54) is 6.07 Å². The van der Waals surface area contributed by atoms with Crippen molar-refractivity contribution in [2.24, 2.45) is 0 Å². The first-order chi connectivity index (χ1) is 8.13. The Bertz CT molecular complexity index is 573. The Hall–Kier alpha value is -2.03. The van der Waals surface area contributed by atoms with Crippen molar-refractivity contribution >= 4 is 16.7 Å². The van der Waals surface area contributed by atoms with Crippen molar-refractivity contribution in [3.8, 4) is 5.75 Å². The van der Waals surface area contributed by atoms with Gasteiger partial charge in [0.2, 0.25) is 0 Å². The molecule has 0 bridgehead atoms. The van der Waals surface area contributed by atoms with Gasteiger partial charge in [-0.1, -0.05) is 18.2 Å². The maximum Gasteiger partial charge on any atom is 0.338 e. The molecule has 0 aliphatic heterocycles. The van der Waals surface area contributed by atoms with Gasteiger partial charge in [-0.05, 0) is 36.9 Å². The van der Waals surface area contributed by atoms with Crippen LogP contribution in [0.1, 0.15) is 22.8 Å². The van der Waals surface area contributed by atoms with Crippen LogP contribution in [0.4, 0.5) is 0 Å². The molecule has 3 nitrogen and oxygen atoms in total. The van der Waals surface area contributed by atoms with E-state index in [0.29, 0.717) is 12.2 Å². The summed E-state index contributed by atoms with van der Waals surface area (Å²) in [7, 11) is 0. The summed E-state index contributed by atoms with van der Waals surface area (Å²) in [6.45, 7) is 4.02. The maximum absolute atomic E-state index is 11.6. The Morgan fingerprint density at radius 1 is 1.29 bits per heavy atom. The van der Waals surface area contributed by atoms with Gasteiger partial charge < -0.3 is 9.84 Å². The molecular formula is C14H14O3. The molecular weight excluding hydrogens is 216 g/mol. The molecule has 0 aromatic heterocycles. The first-order valence-corrected chi connectivity index (χ1v) is 5.53. The predicted molar refractivity (Wildman–Crippen MR) is 66.3 cm³/mol. The Labute approximate surface area is 99.6 Å². The third-order valence-corrected chi connectivity index (χ3v) is 2.70. The van der Waals surface area contributed by atoms with E-state index < -0.39 is 5.97 Å². The van der Waals surface area contributed by atoms with Gasteiger partial charge >= 0.3 is 5.97 Å². The number of fused-ring (bicyclic) bond motifs is 1.